The zero-order valence-electron chi connectivity index (χ0n) is 16.1. The molecule has 0 aliphatic rings. The van der Waals surface area contributed by atoms with Crippen molar-refractivity contribution in [2.24, 2.45) is 0 Å². The summed E-state index contributed by atoms with van der Waals surface area (Å²) in [5.74, 6) is -1.02. The fourth-order valence-corrected chi connectivity index (χ4v) is 1.63. The number of carbonyl (C=O) groups is 2. The van der Waals surface area contributed by atoms with Gasteiger partial charge in [0.05, 0.1) is 25.4 Å². The normalized spacial score (nSPS) is 13.8. The lowest BCUT2D eigenvalue weighted by molar-refractivity contribution is -0.285. The van der Waals surface area contributed by atoms with Crippen molar-refractivity contribution < 1.29 is 38.0 Å². The summed E-state index contributed by atoms with van der Waals surface area (Å²) in [6, 6.07) is 0. The molecule has 0 aromatic heterocycles. The fourth-order valence-electron chi connectivity index (χ4n) is 1.63. The van der Waals surface area contributed by atoms with Gasteiger partial charge in [-0.15, -0.1) is 0 Å². The van der Waals surface area contributed by atoms with E-state index in [0.717, 1.165) is 0 Å². The average Bonchev–Trinajstić information content (AvgIpc) is 2.46. The summed E-state index contributed by atoms with van der Waals surface area (Å²) >= 11 is 0. The Morgan fingerprint density at radius 1 is 0.720 bits per heavy atom. The third kappa shape index (κ3) is 13.7. The molecule has 0 aliphatic heterocycles. The topological polar surface area (TPSA) is 89.5 Å². The quantitative estimate of drug-likeness (QED) is 0.343. The summed E-state index contributed by atoms with van der Waals surface area (Å²) in [6.45, 7) is 9.42. The Balaban J connectivity index is 4.13. The van der Waals surface area contributed by atoms with Crippen LogP contribution in [0.5, 0.6) is 0 Å². The second-order valence-corrected chi connectivity index (χ2v) is 5.69. The molecule has 0 saturated carbocycles. The zero-order chi connectivity index (χ0) is 19.2. The van der Waals surface area contributed by atoms with Crippen LogP contribution in [-0.4, -0.2) is 50.3 Å². The van der Waals surface area contributed by atoms with Crippen molar-refractivity contribution >= 4 is 11.9 Å². The van der Waals surface area contributed by atoms with Crippen LogP contribution in [0, 0.1) is 0 Å². The Bertz CT molecular complexity index is 336. The molecule has 0 bridgehead atoms. The zero-order valence-corrected chi connectivity index (χ0v) is 16.1. The Morgan fingerprint density at radius 2 is 1.08 bits per heavy atom. The van der Waals surface area contributed by atoms with Gasteiger partial charge in [0.15, 0.2) is 0 Å². The predicted octanol–water partition coefficient (Wildman–Crippen LogP) is 2.73. The van der Waals surface area contributed by atoms with Gasteiger partial charge in [-0.25, -0.2) is 0 Å². The van der Waals surface area contributed by atoms with Gasteiger partial charge in [0.25, 0.3) is 0 Å². The van der Waals surface area contributed by atoms with Crippen LogP contribution in [0.1, 0.15) is 60.8 Å². The molecule has 0 N–H and O–H groups in total. The standard InChI is InChI=1S/C17H32O8/c1-7-20-16(22-12(3)4)24-14(18)10-9-11-15(19)25-17(21-8-2)23-13(5)6/h12-13,16-17H,7-11H2,1-6H3. The lowest BCUT2D eigenvalue weighted by Crippen LogP contribution is -2.28. The molecule has 0 fully saturated rings. The van der Waals surface area contributed by atoms with Crippen molar-refractivity contribution in [2.75, 3.05) is 13.2 Å². The number of rotatable bonds is 14. The van der Waals surface area contributed by atoms with Crippen LogP contribution in [0.25, 0.3) is 0 Å². The minimum absolute atomic E-state index is 0.0461. The Morgan fingerprint density at radius 3 is 1.36 bits per heavy atom. The van der Waals surface area contributed by atoms with E-state index in [1.54, 1.807) is 13.8 Å². The molecule has 0 aliphatic carbocycles. The minimum atomic E-state index is -1.04. The van der Waals surface area contributed by atoms with Crippen LogP contribution >= 0.6 is 0 Å². The van der Waals surface area contributed by atoms with Gasteiger partial charge >= 0.3 is 24.9 Å². The number of ether oxygens (including phenoxy) is 6. The molecule has 0 aromatic carbocycles. The number of esters is 2. The van der Waals surface area contributed by atoms with Gasteiger partial charge in [0.2, 0.25) is 0 Å². The highest BCUT2D eigenvalue weighted by molar-refractivity contribution is 5.72. The fraction of sp³-hybridized carbons (Fsp3) is 0.882. The lowest BCUT2D eigenvalue weighted by Gasteiger charge is -2.20. The molecule has 8 nitrogen and oxygen atoms in total. The van der Waals surface area contributed by atoms with Crippen LogP contribution in [0.15, 0.2) is 0 Å². The van der Waals surface area contributed by atoms with E-state index < -0.39 is 24.9 Å². The van der Waals surface area contributed by atoms with Gasteiger partial charge in [-0.05, 0) is 48.0 Å². The van der Waals surface area contributed by atoms with Crippen molar-refractivity contribution in [1.82, 2.24) is 0 Å². The number of carbonyl (C=O) groups excluding carboxylic acids is 2. The molecule has 0 saturated heterocycles. The molecule has 25 heavy (non-hydrogen) atoms. The van der Waals surface area contributed by atoms with E-state index >= 15 is 0 Å². The maximum atomic E-state index is 11.8. The van der Waals surface area contributed by atoms with E-state index in [-0.39, 0.29) is 31.5 Å². The predicted molar refractivity (Wildman–Crippen MR) is 89.3 cm³/mol. The molecule has 0 amide bonds. The molecule has 2 atom stereocenters. The van der Waals surface area contributed by atoms with E-state index in [1.807, 2.05) is 27.7 Å². The number of hydrogen-bond donors (Lipinski definition) is 0. The van der Waals surface area contributed by atoms with E-state index in [1.165, 1.54) is 0 Å². The van der Waals surface area contributed by atoms with Crippen LogP contribution < -0.4 is 0 Å². The summed E-state index contributed by atoms with van der Waals surface area (Å²) in [7, 11) is 0. The first kappa shape index (κ1) is 23.8. The number of hydrogen-bond acceptors (Lipinski definition) is 8. The van der Waals surface area contributed by atoms with E-state index in [4.69, 9.17) is 28.4 Å². The van der Waals surface area contributed by atoms with Crippen molar-refractivity contribution in [1.29, 1.82) is 0 Å². The van der Waals surface area contributed by atoms with Crippen molar-refractivity contribution in [3.8, 4) is 0 Å². The first-order chi connectivity index (χ1) is 11.8. The molecule has 2 unspecified atom stereocenters. The van der Waals surface area contributed by atoms with E-state index in [2.05, 4.69) is 0 Å². The summed E-state index contributed by atoms with van der Waals surface area (Å²) in [6.07, 6.45) is 0.0831. The van der Waals surface area contributed by atoms with Crippen LogP contribution in [0.2, 0.25) is 0 Å². The van der Waals surface area contributed by atoms with Gasteiger partial charge in [0, 0.05) is 12.8 Å². The molecular formula is C17H32O8. The van der Waals surface area contributed by atoms with Gasteiger partial charge < -0.3 is 28.4 Å². The Labute approximate surface area is 150 Å². The highest BCUT2D eigenvalue weighted by atomic mass is 16.9. The summed E-state index contributed by atoms with van der Waals surface area (Å²) in [4.78, 5) is 23.6. The van der Waals surface area contributed by atoms with E-state index in [0.29, 0.717) is 13.2 Å². The molecule has 0 radical (unpaired) electrons. The maximum Gasteiger partial charge on any atom is 0.318 e. The molecular weight excluding hydrogens is 332 g/mol. The third-order valence-electron chi connectivity index (χ3n) is 2.59. The minimum Gasteiger partial charge on any atom is -0.410 e. The third-order valence-corrected chi connectivity index (χ3v) is 2.59. The first-order valence-electron chi connectivity index (χ1n) is 8.71. The Hall–Kier alpha value is -1.22. The average molecular weight is 364 g/mol. The molecule has 8 heteroatoms. The highest BCUT2D eigenvalue weighted by Gasteiger charge is 2.19. The summed E-state index contributed by atoms with van der Waals surface area (Å²) in [5, 5.41) is 0. The van der Waals surface area contributed by atoms with Gasteiger partial charge in [-0.3, -0.25) is 9.59 Å². The van der Waals surface area contributed by atoms with Crippen molar-refractivity contribution in [3.63, 3.8) is 0 Å². The molecule has 0 spiro atoms. The second kappa shape index (κ2) is 14.0. The Kier molecular flexibility index (Phi) is 13.3. The van der Waals surface area contributed by atoms with Crippen LogP contribution in [0.3, 0.4) is 0 Å². The van der Waals surface area contributed by atoms with Crippen molar-refractivity contribution in [3.05, 3.63) is 0 Å². The molecule has 0 rings (SSSR count). The lowest BCUT2D eigenvalue weighted by atomic mass is 10.2. The summed E-state index contributed by atoms with van der Waals surface area (Å²) < 4.78 is 31.1. The highest BCUT2D eigenvalue weighted by Crippen LogP contribution is 2.09. The van der Waals surface area contributed by atoms with E-state index in [9.17, 15) is 9.59 Å². The molecule has 0 heterocycles. The largest absolute Gasteiger partial charge is 0.410 e. The first-order valence-corrected chi connectivity index (χ1v) is 8.71. The van der Waals surface area contributed by atoms with Gasteiger partial charge in [-0.2, -0.15) is 0 Å². The summed E-state index contributed by atoms with van der Waals surface area (Å²) in [5.41, 5.74) is 0. The second-order valence-electron chi connectivity index (χ2n) is 5.69. The van der Waals surface area contributed by atoms with Crippen LogP contribution in [0.4, 0.5) is 0 Å². The maximum absolute atomic E-state index is 11.8. The van der Waals surface area contributed by atoms with Gasteiger partial charge in [-0.1, -0.05) is 0 Å². The SMILES string of the molecule is CCOC(OC(=O)CCCC(=O)OC(OCC)OC(C)C)OC(C)C. The van der Waals surface area contributed by atoms with Crippen molar-refractivity contribution in [2.45, 2.75) is 86.0 Å². The van der Waals surface area contributed by atoms with Crippen LogP contribution in [-0.2, 0) is 38.0 Å². The van der Waals surface area contributed by atoms with Gasteiger partial charge in [0.1, 0.15) is 0 Å². The molecule has 0 aromatic rings. The smallest absolute Gasteiger partial charge is 0.318 e. The monoisotopic (exact) mass is 364 g/mol. The molecule has 148 valence electrons.